The minimum atomic E-state index is -0.773. The molecular formula is C33H29Cl2FN4O4. The van der Waals surface area contributed by atoms with Crippen LogP contribution in [0.2, 0.25) is 10.0 Å². The van der Waals surface area contributed by atoms with Crippen LogP contribution in [0.4, 0.5) is 15.8 Å². The molecule has 0 saturated heterocycles. The number of nitriles is 1. The van der Waals surface area contributed by atoms with Crippen molar-refractivity contribution in [2.24, 2.45) is 11.1 Å². The molecule has 44 heavy (non-hydrogen) atoms. The Labute approximate surface area is 264 Å². The lowest BCUT2D eigenvalue weighted by atomic mass is 9.68. The molecule has 0 radical (unpaired) electrons. The number of Topliss-reactive ketones (excluding diaryl/α,β-unsaturated/α-hetero) is 1. The highest BCUT2D eigenvalue weighted by Gasteiger charge is 2.45. The summed E-state index contributed by atoms with van der Waals surface area (Å²) in [6.45, 7) is 7.84. The van der Waals surface area contributed by atoms with E-state index in [1.54, 1.807) is 11.0 Å². The zero-order valence-electron chi connectivity index (χ0n) is 24.5. The molecule has 0 fully saturated rings. The van der Waals surface area contributed by atoms with Crippen molar-refractivity contribution in [1.82, 2.24) is 0 Å². The summed E-state index contributed by atoms with van der Waals surface area (Å²) in [4.78, 5) is 26.7. The summed E-state index contributed by atoms with van der Waals surface area (Å²) >= 11 is 12.3. The van der Waals surface area contributed by atoms with Crippen LogP contribution in [0.1, 0.15) is 54.9 Å². The molecule has 8 nitrogen and oxygen atoms in total. The summed E-state index contributed by atoms with van der Waals surface area (Å²) in [7, 11) is 0. The van der Waals surface area contributed by atoms with E-state index in [4.69, 9.17) is 33.7 Å². The average Bonchev–Trinajstić information content (AvgIpc) is 2.93. The number of ether oxygens (including phenoxy) is 1. The maximum absolute atomic E-state index is 14.0. The Bertz CT molecular complexity index is 1840. The summed E-state index contributed by atoms with van der Waals surface area (Å²) in [5.74, 6) is -0.988. The van der Waals surface area contributed by atoms with E-state index in [1.165, 1.54) is 30.3 Å². The Hall–Kier alpha value is -4.39. The molecule has 0 amide bonds. The molecular weight excluding hydrogens is 606 g/mol. The Morgan fingerprint density at radius 2 is 1.86 bits per heavy atom. The van der Waals surface area contributed by atoms with Gasteiger partial charge in [0.2, 0.25) is 0 Å². The molecule has 0 bridgehead atoms. The van der Waals surface area contributed by atoms with Gasteiger partial charge < -0.3 is 10.5 Å². The average molecular weight is 636 g/mol. The van der Waals surface area contributed by atoms with Crippen LogP contribution < -0.4 is 15.4 Å². The number of allylic oxidation sites excluding steroid dienone is 3. The summed E-state index contributed by atoms with van der Waals surface area (Å²) in [5, 5.41) is 22.3. The molecule has 1 aliphatic carbocycles. The number of nitro groups is 1. The molecule has 3 aromatic rings. The number of ketones is 1. The highest BCUT2D eigenvalue weighted by atomic mass is 35.5. The SMILES string of the molecule is Cc1cc(COc2ccc(F)cc2Cl)c(C)c(C2C(C#N)=C(N)N(c3ccc(Cl)c([N+](=O)[O-])c3)C3=C2C(=O)CC(C)(C)C3)c1. The summed E-state index contributed by atoms with van der Waals surface area (Å²) < 4.78 is 19.5. The first-order valence-electron chi connectivity index (χ1n) is 13.8. The molecule has 0 spiro atoms. The Morgan fingerprint density at radius 3 is 2.52 bits per heavy atom. The highest BCUT2D eigenvalue weighted by molar-refractivity contribution is 6.32. The maximum atomic E-state index is 14.0. The van der Waals surface area contributed by atoms with Gasteiger partial charge in [-0.3, -0.25) is 19.8 Å². The number of nitrogens with zero attached hydrogens (tertiary/aromatic N) is 3. The number of carbonyl (C=O) groups is 1. The van der Waals surface area contributed by atoms with Gasteiger partial charge in [-0.05, 0) is 72.7 Å². The second-order valence-corrected chi connectivity index (χ2v) is 12.7. The van der Waals surface area contributed by atoms with Gasteiger partial charge in [-0.25, -0.2) is 4.39 Å². The fraction of sp³-hybridized carbons (Fsp3) is 0.273. The van der Waals surface area contributed by atoms with Crippen molar-refractivity contribution < 1.29 is 18.8 Å². The van der Waals surface area contributed by atoms with Crippen LogP contribution in [0.25, 0.3) is 0 Å². The molecule has 226 valence electrons. The first kappa shape index (κ1) is 31.0. The van der Waals surface area contributed by atoms with Crippen molar-refractivity contribution >= 4 is 40.4 Å². The third kappa shape index (κ3) is 5.63. The van der Waals surface area contributed by atoms with Gasteiger partial charge in [-0.15, -0.1) is 0 Å². The van der Waals surface area contributed by atoms with E-state index in [9.17, 15) is 24.6 Å². The number of hydrogen-bond acceptors (Lipinski definition) is 7. The van der Waals surface area contributed by atoms with Crippen LogP contribution in [-0.4, -0.2) is 10.7 Å². The number of nitro benzene ring substituents is 1. The number of anilines is 1. The summed E-state index contributed by atoms with van der Waals surface area (Å²) in [6.07, 6.45) is 0.684. The van der Waals surface area contributed by atoms with Gasteiger partial charge in [0.1, 0.15) is 29.0 Å². The van der Waals surface area contributed by atoms with Gasteiger partial charge in [0.25, 0.3) is 5.69 Å². The van der Waals surface area contributed by atoms with E-state index in [0.717, 1.165) is 22.3 Å². The number of halogens is 3. The number of benzene rings is 3. The molecule has 0 saturated carbocycles. The van der Waals surface area contributed by atoms with Crippen LogP contribution in [-0.2, 0) is 11.4 Å². The molecule has 1 unspecified atom stereocenters. The zero-order valence-corrected chi connectivity index (χ0v) is 26.0. The van der Waals surface area contributed by atoms with Gasteiger partial charge in [-0.2, -0.15) is 5.26 Å². The number of carbonyl (C=O) groups excluding carboxylic acids is 1. The maximum Gasteiger partial charge on any atom is 0.289 e. The lowest BCUT2D eigenvalue weighted by Crippen LogP contribution is -2.42. The Balaban J connectivity index is 1.68. The van der Waals surface area contributed by atoms with Crippen molar-refractivity contribution in [2.45, 2.75) is 53.1 Å². The summed E-state index contributed by atoms with van der Waals surface area (Å²) in [6, 6.07) is 14.3. The van der Waals surface area contributed by atoms with E-state index >= 15 is 0 Å². The standard InChI is InChI=1S/C33H29Cl2FN4O4/c1-17-9-19(16-44-29-8-5-20(36)11-25(29)35)18(2)22(10-17)30-23(15-37)32(38)39(21-6-7-24(34)26(12-21)40(42)43)27-13-33(3,4)14-28(41)31(27)30/h5-12,30H,13-14,16,38H2,1-4H3. The number of rotatable bonds is 6. The fourth-order valence-corrected chi connectivity index (χ4v) is 6.46. The zero-order chi connectivity index (χ0) is 32.1. The molecule has 2 aliphatic rings. The normalized spacial score (nSPS) is 17.8. The quantitative estimate of drug-likeness (QED) is 0.214. The van der Waals surface area contributed by atoms with E-state index < -0.39 is 22.1 Å². The monoisotopic (exact) mass is 634 g/mol. The van der Waals surface area contributed by atoms with Crippen LogP contribution in [0.3, 0.4) is 0 Å². The van der Waals surface area contributed by atoms with Crippen LogP contribution in [0.15, 0.2) is 71.2 Å². The van der Waals surface area contributed by atoms with Crippen LogP contribution in [0, 0.1) is 46.5 Å². The van der Waals surface area contributed by atoms with Crippen LogP contribution in [0.5, 0.6) is 5.75 Å². The third-order valence-corrected chi connectivity index (χ3v) is 8.67. The predicted molar refractivity (Wildman–Crippen MR) is 167 cm³/mol. The van der Waals surface area contributed by atoms with Crippen molar-refractivity contribution in [3.05, 3.63) is 119 Å². The largest absolute Gasteiger partial charge is 0.487 e. The first-order chi connectivity index (χ1) is 20.7. The van der Waals surface area contributed by atoms with Crippen molar-refractivity contribution in [1.29, 1.82) is 5.26 Å². The van der Waals surface area contributed by atoms with E-state index in [1.807, 2.05) is 39.8 Å². The van der Waals surface area contributed by atoms with Crippen molar-refractivity contribution in [3.63, 3.8) is 0 Å². The van der Waals surface area contributed by atoms with Crippen LogP contribution >= 0.6 is 23.2 Å². The van der Waals surface area contributed by atoms with Crippen molar-refractivity contribution in [2.75, 3.05) is 4.90 Å². The molecule has 1 aliphatic heterocycles. The molecule has 3 aromatic carbocycles. The molecule has 1 atom stereocenters. The summed E-state index contributed by atoms with van der Waals surface area (Å²) in [5.41, 5.74) is 10.7. The Kier molecular flexibility index (Phi) is 8.19. The third-order valence-electron chi connectivity index (χ3n) is 8.05. The topological polar surface area (TPSA) is 122 Å². The van der Waals surface area contributed by atoms with E-state index in [0.29, 0.717) is 29.1 Å². The number of nitrogens with two attached hydrogens (primary N) is 1. The molecule has 11 heteroatoms. The minimum absolute atomic E-state index is 0.0435. The van der Waals surface area contributed by atoms with Gasteiger partial charge in [0, 0.05) is 23.8 Å². The smallest absolute Gasteiger partial charge is 0.289 e. The van der Waals surface area contributed by atoms with Gasteiger partial charge in [0.05, 0.1) is 33.2 Å². The lowest BCUT2D eigenvalue weighted by Gasteiger charge is -2.44. The fourth-order valence-electron chi connectivity index (χ4n) is 6.06. The Morgan fingerprint density at radius 1 is 1.14 bits per heavy atom. The van der Waals surface area contributed by atoms with Gasteiger partial charge in [0.15, 0.2) is 5.78 Å². The number of hydrogen-bond donors (Lipinski definition) is 1. The van der Waals surface area contributed by atoms with Gasteiger partial charge in [-0.1, -0.05) is 54.7 Å². The lowest BCUT2D eigenvalue weighted by molar-refractivity contribution is -0.384. The van der Waals surface area contributed by atoms with Crippen molar-refractivity contribution in [3.8, 4) is 11.8 Å². The van der Waals surface area contributed by atoms with E-state index in [2.05, 4.69) is 6.07 Å². The minimum Gasteiger partial charge on any atom is -0.487 e. The second-order valence-electron chi connectivity index (χ2n) is 11.9. The predicted octanol–water partition coefficient (Wildman–Crippen LogP) is 8.18. The first-order valence-corrected chi connectivity index (χ1v) is 14.6. The van der Waals surface area contributed by atoms with E-state index in [-0.39, 0.29) is 45.9 Å². The molecule has 2 N–H and O–H groups in total. The molecule has 5 rings (SSSR count). The second kappa shape index (κ2) is 11.6. The highest BCUT2D eigenvalue weighted by Crippen LogP contribution is 2.51. The number of aryl methyl sites for hydroxylation is 1. The molecule has 0 aromatic heterocycles. The molecule has 1 heterocycles. The van der Waals surface area contributed by atoms with Gasteiger partial charge >= 0.3 is 0 Å².